The number of fused-ring (bicyclic) bond motifs is 1. The molecule has 0 aliphatic heterocycles. The smallest absolute Gasteiger partial charge is 0.131 e. The quantitative estimate of drug-likeness (QED) is 0.454. The lowest BCUT2D eigenvalue weighted by Gasteiger charge is -2.09. The molecule has 1 N–H and O–H groups in total. The Bertz CT molecular complexity index is 976. The number of rotatable bonds is 6. The summed E-state index contributed by atoms with van der Waals surface area (Å²) in [6, 6.07) is 18.7. The van der Waals surface area contributed by atoms with Crippen LogP contribution in [0.25, 0.3) is 22.3 Å². The summed E-state index contributed by atoms with van der Waals surface area (Å²) in [4.78, 5) is 0. The van der Waals surface area contributed by atoms with E-state index in [0.717, 1.165) is 23.5 Å². The molecule has 0 spiro atoms. The second kappa shape index (κ2) is 8.18. The fourth-order valence-electron chi connectivity index (χ4n) is 4.38. The molecular formula is C26H27FO. The first-order valence-corrected chi connectivity index (χ1v) is 10.3. The fourth-order valence-corrected chi connectivity index (χ4v) is 4.38. The molecule has 3 aromatic rings. The van der Waals surface area contributed by atoms with Crippen LogP contribution in [-0.2, 0) is 12.8 Å². The van der Waals surface area contributed by atoms with Crippen molar-refractivity contribution >= 4 is 0 Å². The number of aromatic hydroxyl groups is 1. The van der Waals surface area contributed by atoms with Crippen molar-refractivity contribution in [1.82, 2.24) is 0 Å². The Kier molecular flexibility index (Phi) is 5.47. The SMILES string of the molecule is CCCCCC1Cc2ccc(-c3ccc(-c4cccc(O)c4)c(F)c3)cc2C1. The van der Waals surface area contributed by atoms with Gasteiger partial charge in [0.15, 0.2) is 0 Å². The summed E-state index contributed by atoms with van der Waals surface area (Å²) in [6.45, 7) is 2.25. The van der Waals surface area contributed by atoms with E-state index in [4.69, 9.17) is 0 Å². The topological polar surface area (TPSA) is 20.2 Å². The van der Waals surface area contributed by atoms with Gasteiger partial charge in [-0.25, -0.2) is 4.39 Å². The summed E-state index contributed by atoms with van der Waals surface area (Å²) >= 11 is 0. The van der Waals surface area contributed by atoms with Crippen LogP contribution < -0.4 is 0 Å². The van der Waals surface area contributed by atoms with Crippen LogP contribution in [0.5, 0.6) is 5.75 Å². The molecule has 1 atom stereocenters. The van der Waals surface area contributed by atoms with E-state index in [1.165, 1.54) is 43.2 Å². The summed E-state index contributed by atoms with van der Waals surface area (Å²) in [5, 5.41) is 9.65. The Hall–Kier alpha value is -2.61. The minimum Gasteiger partial charge on any atom is -0.508 e. The van der Waals surface area contributed by atoms with Gasteiger partial charge < -0.3 is 5.11 Å². The highest BCUT2D eigenvalue weighted by Crippen LogP contribution is 2.35. The Morgan fingerprint density at radius 1 is 0.857 bits per heavy atom. The number of hydrogen-bond acceptors (Lipinski definition) is 1. The number of halogens is 1. The highest BCUT2D eigenvalue weighted by Gasteiger charge is 2.21. The Balaban J connectivity index is 1.55. The lowest BCUT2D eigenvalue weighted by molar-refractivity contribution is 0.475. The zero-order chi connectivity index (χ0) is 19.5. The van der Waals surface area contributed by atoms with Crippen LogP contribution in [-0.4, -0.2) is 5.11 Å². The molecule has 0 saturated carbocycles. The molecule has 3 aromatic carbocycles. The highest BCUT2D eigenvalue weighted by molar-refractivity contribution is 5.72. The van der Waals surface area contributed by atoms with Crippen LogP contribution in [0.4, 0.5) is 4.39 Å². The second-order valence-corrected chi connectivity index (χ2v) is 8.00. The van der Waals surface area contributed by atoms with E-state index in [-0.39, 0.29) is 11.6 Å². The van der Waals surface area contributed by atoms with Crippen molar-refractivity contribution in [2.24, 2.45) is 5.92 Å². The normalized spacial score (nSPS) is 15.6. The number of hydrogen-bond donors (Lipinski definition) is 1. The zero-order valence-corrected chi connectivity index (χ0v) is 16.4. The van der Waals surface area contributed by atoms with E-state index in [1.54, 1.807) is 30.3 Å². The summed E-state index contributed by atoms with van der Waals surface area (Å²) in [5.74, 6) is 0.649. The van der Waals surface area contributed by atoms with E-state index in [9.17, 15) is 9.50 Å². The average Bonchev–Trinajstić information content (AvgIpc) is 3.10. The van der Waals surface area contributed by atoms with Gasteiger partial charge in [-0.3, -0.25) is 0 Å². The van der Waals surface area contributed by atoms with Crippen LogP contribution in [0, 0.1) is 11.7 Å². The average molecular weight is 374 g/mol. The first-order valence-electron chi connectivity index (χ1n) is 10.3. The predicted molar refractivity (Wildman–Crippen MR) is 114 cm³/mol. The third kappa shape index (κ3) is 3.96. The molecule has 0 saturated heterocycles. The number of unbranched alkanes of at least 4 members (excludes halogenated alkanes) is 2. The van der Waals surface area contributed by atoms with Crippen LogP contribution in [0.2, 0.25) is 0 Å². The van der Waals surface area contributed by atoms with Gasteiger partial charge in [-0.05, 0) is 71.2 Å². The maximum Gasteiger partial charge on any atom is 0.131 e. The van der Waals surface area contributed by atoms with Crippen molar-refractivity contribution < 1.29 is 9.50 Å². The van der Waals surface area contributed by atoms with Gasteiger partial charge in [-0.1, -0.05) is 68.7 Å². The fraction of sp³-hybridized carbons (Fsp3) is 0.308. The molecule has 144 valence electrons. The number of phenolic OH excluding ortho intramolecular Hbond substituents is 1. The largest absolute Gasteiger partial charge is 0.508 e. The first kappa shape index (κ1) is 18.7. The standard InChI is InChI=1S/C26H27FO/c1-2-3-4-6-18-13-19-9-10-20(15-23(19)14-18)21-11-12-25(26(27)17-21)22-7-5-8-24(28)16-22/h5,7-12,15-18,28H,2-4,6,13-14H2,1H3. The molecule has 1 unspecified atom stereocenters. The van der Waals surface area contributed by atoms with Crippen molar-refractivity contribution in [2.45, 2.75) is 45.4 Å². The molecule has 1 aliphatic carbocycles. The maximum absolute atomic E-state index is 14.8. The molecule has 1 nitrogen and oxygen atoms in total. The number of benzene rings is 3. The monoisotopic (exact) mass is 374 g/mol. The summed E-state index contributed by atoms with van der Waals surface area (Å²) < 4.78 is 14.8. The minimum absolute atomic E-state index is 0.146. The van der Waals surface area contributed by atoms with Crippen LogP contribution >= 0.6 is 0 Å². The van der Waals surface area contributed by atoms with E-state index in [1.807, 2.05) is 12.1 Å². The van der Waals surface area contributed by atoms with Gasteiger partial charge in [0.25, 0.3) is 0 Å². The van der Waals surface area contributed by atoms with Gasteiger partial charge in [-0.15, -0.1) is 0 Å². The molecule has 0 aromatic heterocycles. The highest BCUT2D eigenvalue weighted by atomic mass is 19.1. The Morgan fingerprint density at radius 2 is 1.64 bits per heavy atom. The Morgan fingerprint density at radius 3 is 2.43 bits per heavy atom. The van der Waals surface area contributed by atoms with Crippen molar-refractivity contribution in [3.8, 4) is 28.0 Å². The second-order valence-electron chi connectivity index (χ2n) is 8.00. The molecule has 2 heteroatoms. The van der Waals surface area contributed by atoms with Gasteiger partial charge in [-0.2, -0.15) is 0 Å². The minimum atomic E-state index is -0.263. The molecule has 28 heavy (non-hydrogen) atoms. The molecule has 0 amide bonds. The molecular weight excluding hydrogens is 347 g/mol. The molecule has 0 fully saturated rings. The third-order valence-electron chi connectivity index (χ3n) is 5.90. The van der Waals surface area contributed by atoms with E-state index >= 15 is 0 Å². The van der Waals surface area contributed by atoms with E-state index in [2.05, 4.69) is 25.1 Å². The molecule has 0 bridgehead atoms. The van der Waals surface area contributed by atoms with Crippen LogP contribution in [0.1, 0.15) is 43.7 Å². The molecule has 4 rings (SSSR count). The van der Waals surface area contributed by atoms with Crippen molar-refractivity contribution in [3.05, 3.63) is 77.6 Å². The maximum atomic E-state index is 14.8. The summed E-state index contributed by atoms with van der Waals surface area (Å²) in [7, 11) is 0. The van der Waals surface area contributed by atoms with Crippen LogP contribution in [0.3, 0.4) is 0 Å². The zero-order valence-electron chi connectivity index (χ0n) is 16.4. The van der Waals surface area contributed by atoms with Crippen molar-refractivity contribution in [2.75, 3.05) is 0 Å². The van der Waals surface area contributed by atoms with Crippen molar-refractivity contribution in [1.29, 1.82) is 0 Å². The first-order chi connectivity index (χ1) is 13.6. The van der Waals surface area contributed by atoms with Gasteiger partial charge in [0.05, 0.1) is 0 Å². The van der Waals surface area contributed by atoms with E-state index in [0.29, 0.717) is 11.1 Å². The lowest BCUT2D eigenvalue weighted by atomic mass is 9.97. The van der Waals surface area contributed by atoms with Crippen LogP contribution in [0.15, 0.2) is 60.7 Å². The summed E-state index contributed by atoms with van der Waals surface area (Å²) in [6.07, 6.45) is 7.56. The number of phenols is 1. The Labute approximate surface area is 166 Å². The predicted octanol–water partition coefficient (Wildman–Crippen LogP) is 7.16. The summed E-state index contributed by atoms with van der Waals surface area (Å²) in [5.41, 5.74) is 6.07. The van der Waals surface area contributed by atoms with Gasteiger partial charge >= 0.3 is 0 Å². The van der Waals surface area contributed by atoms with Gasteiger partial charge in [0, 0.05) is 5.56 Å². The van der Waals surface area contributed by atoms with Gasteiger partial charge in [0.1, 0.15) is 11.6 Å². The molecule has 0 radical (unpaired) electrons. The van der Waals surface area contributed by atoms with E-state index < -0.39 is 0 Å². The van der Waals surface area contributed by atoms with Gasteiger partial charge in [0.2, 0.25) is 0 Å². The van der Waals surface area contributed by atoms with Crippen molar-refractivity contribution in [3.63, 3.8) is 0 Å². The lowest BCUT2D eigenvalue weighted by Crippen LogP contribution is -1.98. The molecule has 0 heterocycles. The molecule has 1 aliphatic rings. The third-order valence-corrected chi connectivity index (χ3v) is 5.90.